The zero-order chi connectivity index (χ0) is 24.1. The van der Waals surface area contributed by atoms with Crippen molar-refractivity contribution < 1.29 is 18.0 Å². The lowest BCUT2D eigenvalue weighted by Crippen LogP contribution is -2.51. The number of carbonyl (C=O) groups is 2. The van der Waals surface area contributed by atoms with Gasteiger partial charge in [-0.1, -0.05) is 34.1 Å². The van der Waals surface area contributed by atoms with Crippen LogP contribution in [-0.2, 0) is 26.2 Å². The van der Waals surface area contributed by atoms with Crippen molar-refractivity contribution in [2.24, 2.45) is 0 Å². The van der Waals surface area contributed by atoms with E-state index < -0.39 is 28.5 Å². The number of likely N-dealkylation sites (N-methyl/N-ethyl adjacent to an activating group) is 1. The number of nitrogens with zero attached hydrogens (tertiary/aromatic N) is 2. The van der Waals surface area contributed by atoms with E-state index in [1.54, 1.807) is 26.0 Å². The molecular weight excluding hydrogens is 494 g/mol. The molecule has 32 heavy (non-hydrogen) atoms. The molecule has 0 fully saturated rings. The third-order valence-corrected chi connectivity index (χ3v) is 6.91. The molecule has 7 nitrogen and oxygen atoms in total. The van der Waals surface area contributed by atoms with Gasteiger partial charge in [-0.05, 0) is 68.7 Å². The topological polar surface area (TPSA) is 86.8 Å². The van der Waals surface area contributed by atoms with Gasteiger partial charge >= 0.3 is 0 Å². The van der Waals surface area contributed by atoms with Crippen LogP contribution in [0.5, 0.6) is 0 Å². The Labute approximate surface area is 199 Å². The number of hydrogen-bond acceptors (Lipinski definition) is 4. The second kappa shape index (κ2) is 11.0. The minimum atomic E-state index is -3.73. The zero-order valence-electron chi connectivity index (χ0n) is 19.1. The van der Waals surface area contributed by atoms with E-state index >= 15 is 0 Å². The van der Waals surface area contributed by atoms with E-state index in [-0.39, 0.29) is 12.5 Å². The van der Waals surface area contributed by atoms with Gasteiger partial charge in [0.1, 0.15) is 12.6 Å². The number of halogens is 1. The van der Waals surface area contributed by atoms with Crippen molar-refractivity contribution in [3.8, 4) is 0 Å². The Morgan fingerprint density at radius 1 is 1.06 bits per heavy atom. The maximum Gasteiger partial charge on any atom is 0.244 e. The fourth-order valence-corrected chi connectivity index (χ4v) is 4.29. The molecule has 2 amide bonds. The Morgan fingerprint density at radius 2 is 1.69 bits per heavy atom. The number of rotatable bonds is 9. The van der Waals surface area contributed by atoms with E-state index in [0.29, 0.717) is 12.2 Å². The molecule has 0 aliphatic carbocycles. The summed E-state index contributed by atoms with van der Waals surface area (Å²) in [5.74, 6) is -0.759. The summed E-state index contributed by atoms with van der Waals surface area (Å²) in [5.41, 5.74) is 3.19. The average molecular weight is 524 g/mol. The van der Waals surface area contributed by atoms with Gasteiger partial charge in [-0.25, -0.2) is 8.42 Å². The minimum Gasteiger partial charge on any atom is -0.355 e. The third-order valence-electron chi connectivity index (χ3n) is 5.24. The van der Waals surface area contributed by atoms with Gasteiger partial charge in [-0.3, -0.25) is 13.9 Å². The largest absolute Gasteiger partial charge is 0.355 e. The predicted octanol–water partition coefficient (Wildman–Crippen LogP) is 3.39. The number of aryl methyl sites for hydroxylation is 2. The summed E-state index contributed by atoms with van der Waals surface area (Å²) in [6.07, 6.45) is 1.07. The Kier molecular flexibility index (Phi) is 8.86. The molecular formula is C23H30BrN3O4S. The summed E-state index contributed by atoms with van der Waals surface area (Å²) in [4.78, 5) is 27.3. The smallest absolute Gasteiger partial charge is 0.244 e. The molecule has 0 heterocycles. The van der Waals surface area contributed by atoms with E-state index in [0.717, 1.165) is 31.7 Å². The van der Waals surface area contributed by atoms with Crippen molar-refractivity contribution in [2.75, 3.05) is 23.7 Å². The van der Waals surface area contributed by atoms with Gasteiger partial charge in [0, 0.05) is 17.6 Å². The Bertz CT molecular complexity index is 1070. The highest BCUT2D eigenvalue weighted by Crippen LogP contribution is 2.22. The van der Waals surface area contributed by atoms with Gasteiger partial charge in [0.25, 0.3) is 0 Å². The second-order valence-corrected chi connectivity index (χ2v) is 10.6. The molecule has 2 rings (SSSR count). The summed E-state index contributed by atoms with van der Waals surface area (Å²) in [6, 6.07) is 11.9. The van der Waals surface area contributed by atoms with Gasteiger partial charge in [0.2, 0.25) is 21.8 Å². The number of anilines is 1. The molecule has 0 aliphatic rings. The van der Waals surface area contributed by atoms with Crippen molar-refractivity contribution in [2.45, 2.75) is 40.3 Å². The van der Waals surface area contributed by atoms with Crippen LogP contribution in [0.2, 0.25) is 0 Å². The van der Waals surface area contributed by atoms with Crippen molar-refractivity contribution in [1.29, 1.82) is 0 Å². The first-order chi connectivity index (χ1) is 14.9. The van der Waals surface area contributed by atoms with Crippen LogP contribution in [0.15, 0.2) is 46.9 Å². The highest BCUT2D eigenvalue weighted by Gasteiger charge is 2.30. The van der Waals surface area contributed by atoms with Crippen molar-refractivity contribution in [3.63, 3.8) is 0 Å². The minimum absolute atomic E-state index is 0.176. The molecule has 2 aromatic rings. The quantitative estimate of drug-likeness (QED) is 0.545. The van der Waals surface area contributed by atoms with Crippen LogP contribution in [0.1, 0.15) is 30.5 Å². The molecule has 0 unspecified atom stereocenters. The normalized spacial score (nSPS) is 12.2. The first kappa shape index (κ1) is 25.9. The number of carbonyl (C=O) groups excluding carboxylic acids is 2. The molecule has 0 radical (unpaired) electrons. The SMILES string of the molecule is CCNC(=O)[C@H](C)N(Cc1ccc(Br)cc1)C(=O)CN(c1ccc(C)c(C)c1)S(C)(=O)=O. The van der Waals surface area contributed by atoms with E-state index in [2.05, 4.69) is 21.2 Å². The molecule has 9 heteroatoms. The fourth-order valence-electron chi connectivity index (χ4n) is 3.19. The lowest BCUT2D eigenvalue weighted by atomic mass is 10.1. The molecule has 2 aromatic carbocycles. The fraction of sp³-hybridized carbons (Fsp3) is 0.391. The summed E-state index contributed by atoms with van der Waals surface area (Å²) < 4.78 is 27.1. The lowest BCUT2D eigenvalue weighted by Gasteiger charge is -2.31. The summed E-state index contributed by atoms with van der Waals surface area (Å²) in [5, 5.41) is 2.73. The summed E-state index contributed by atoms with van der Waals surface area (Å²) in [6.45, 7) is 7.47. The van der Waals surface area contributed by atoms with Crippen molar-refractivity contribution in [3.05, 3.63) is 63.6 Å². The van der Waals surface area contributed by atoms with Crippen LogP contribution >= 0.6 is 15.9 Å². The molecule has 0 saturated carbocycles. The van der Waals surface area contributed by atoms with Crippen molar-refractivity contribution in [1.82, 2.24) is 10.2 Å². The lowest BCUT2D eigenvalue weighted by molar-refractivity contribution is -0.139. The number of benzene rings is 2. The van der Waals surface area contributed by atoms with Crippen molar-refractivity contribution >= 4 is 43.5 Å². The highest BCUT2D eigenvalue weighted by molar-refractivity contribution is 9.10. The average Bonchev–Trinajstić information content (AvgIpc) is 2.72. The van der Waals surface area contributed by atoms with Crippen LogP contribution in [0.4, 0.5) is 5.69 Å². The Balaban J connectivity index is 2.39. The maximum absolute atomic E-state index is 13.4. The van der Waals surface area contributed by atoms with E-state index in [1.165, 1.54) is 4.90 Å². The highest BCUT2D eigenvalue weighted by atomic mass is 79.9. The number of nitrogens with one attached hydrogen (secondary N) is 1. The summed E-state index contributed by atoms with van der Waals surface area (Å²) in [7, 11) is -3.73. The van der Waals surface area contributed by atoms with E-state index in [4.69, 9.17) is 0 Å². The first-order valence-corrected chi connectivity index (χ1v) is 12.9. The van der Waals surface area contributed by atoms with E-state index in [9.17, 15) is 18.0 Å². The van der Waals surface area contributed by atoms with Gasteiger partial charge in [0.05, 0.1) is 11.9 Å². The van der Waals surface area contributed by atoms with Crippen LogP contribution in [-0.4, -0.2) is 50.5 Å². The van der Waals surface area contributed by atoms with Gasteiger partial charge in [-0.2, -0.15) is 0 Å². The number of amides is 2. The predicted molar refractivity (Wildman–Crippen MR) is 131 cm³/mol. The third kappa shape index (κ3) is 6.80. The van der Waals surface area contributed by atoms with Gasteiger partial charge in [-0.15, -0.1) is 0 Å². The number of sulfonamides is 1. The first-order valence-electron chi connectivity index (χ1n) is 10.3. The molecule has 0 aromatic heterocycles. The zero-order valence-corrected chi connectivity index (χ0v) is 21.5. The van der Waals surface area contributed by atoms with Gasteiger partial charge in [0.15, 0.2) is 0 Å². The maximum atomic E-state index is 13.4. The Morgan fingerprint density at radius 3 is 2.22 bits per heavy atom. The van der Waals surface area contributed by atoms with Crippen LogP contribution < -0.4 is 9.62 Å². The second-order valence-electron chi connectivity index (χ2n) is 7.76. The molecule has 0 saturated heterocycles. The molecule has 0 bridgehead atoms. The van der Waals surface area contributed by atoms with Crippen LogP contribution in [0, 0.1) is 13.8 Å². The van der Waals surface area contributed by atoms with Gasteiger partial charge < -0.3 is 10.2 Å². The molecule has 0 spiro atoms. The Hall–Kier alpha value is -2.39. The summed E-state index contributed by atoms with van der Waals surface area (Å²) >= 11 is 3.39. The molecule has 1 N–H and O–H groups in total. The number of hydrogen-bond donors (Lipinski definition) is 1. The standard InChI is InChI=1S/C23H30BrN3O4S/c1-6-25-23(29)18(4)26(14-19-8-10-20(24)11-9-19)22(28)15-27(32(5,30)31)21-12-7-16(2)17(3)13-21/h7-13,18H,6,14-15H2,1-5H3,(H,25,29)/t18-/m0/s1. The monoisotopic (exact) mass is 523 g/mol. The van der Waals surface area contributed by atoms with E-state index in [1.807, 2.05) is 44.2 Å². The van der Waals surface area contributed by atoms with Crippen LogP contribution in [0.3, 0.4) is 0 Å². The van der Waals surface area contributed by atoms with Crippen LogP contribution in [0.25, 0.3) is 0 Å². The molecule has 174 valence electrons. The molecule has 1 atom stereocenters. The molecule has 0 aliphatic heterocycles.